The van der Waals surface area contributed by atoms with Gasteiger partial charge in [0, 0.05) is 43.8 Å². The van der Waals surface area contributed by atoms with Gasteiger partial charge in [0.25, 0.3) is 0 Å². The zero-order valence-electron chi connectivity index (χ0n) is 19.3. The number of aromatic nitrogens is 2. The van der Waals surface area contributed by atoms with E-state index in [1.165, 1.54) is 11.9 Å². The van der Waals surface area contributed by atoms with Gasteiger partial charge in [-0.1, -0.05) is 29.3 Å². The van der Waals surface area contributed by atoms with E-state index in [2.05, 4.69) is 50.4 Å². The molecule has 1 fully saturated rings. The van der Waals surface area contributed by atoms with Gasteiger partial charge in [-0.05, 0) is 49.9 Å². The first-order chi connectivity index (χ1) is 16.8. The Kier molecular flexibility index (Phi) is 6.41. The number of piperazine rings is 1. The van der Waals surface area contributed by atoms with Gasteiger partial charge in [-0.25, -0.2) is 9.78 Å². The standard InChI is InChI=1S/C24H25Cl2N7O2/c1-14-12-15(6-7-19(14)32-10-8-31(2)9-11-32)28-23-27-13-16-21(29-23)30-24(35)33(22(16)34)20-17(25)4-3-5-18(20)26/h3-7,12-13,22,34H,8-11H2,1-2H3,(H2,27,28,29,30,35). The van der Waals surface area contributed by atoms with Crippen molar-refractivity contribution in [2.45, 2.75) is 13.2 Å². The minimum absolute atomic E-state index is 0.213. The Morgan fingerprint density at radius 3 is 2.51 bits per heavy atom. The number of carbonyl (C=O) groups is 1. The number of fused-ring (bicyclic) bond motifs is 1. The number of nitrogens with zero attached hydrogens (tertiary/aromatic N) is 5. The molecule has 2 aliphatic heterocycles. The molecule has 2 aliphatic rings. The van der Waals surface area contributed by atoms with E-state index in [0.29, 0.717) is 11.5 Å². The summed E-state index contributed by atoms with van der Waals surface area (Å²) >= 11 is 12.5. The molecule has 0 radical (unpaired) electrons. The summed E-state index contributed by atoms with van der Waals surface area (Å²) in [5.41, 5.74) is 3.72. The van der Waals surface area contributed by atoms with Crippen molar-refractivity contribution in [2.24, 2.45) is 0 Å². The van der Waals surface area contributed by atoms with Crippen LogP contribution in [0.25, 0.3) is 0 Å². The van der Waals surface area contributed by atoms with Crippen molar-refractivity contribution in [1.82, 2.24) is 14.9 Å². The third-order valence-corrected chi connectivity index (χ3v) is 6.87. The fourth-order valence-corrected chi connectivity index (χ4v) is 4.94. The van der Waals surface area contributed by atoms with E-state index in [9.17, 15) is 9.90 Å². The molecule has 2 amide bonds. The van der Waals surface area contributed by atoms with Gasteiger partial charge < -0.3 is 20.2 Å². The summed E-state index contributed by atoms with van der Waals surface area (Å²) in [6, 6.07) is 10.4. The van der Waals surface area contributed by atoms with E-state index in [0.717, 1.165) is 42.3 Å². The Labute approximate surface area is 213 Å². The largest absolute Gasteiger partial charge is 0.369 e. The highest BCUT2D eigenvalue weighted by Gasteiger charge is 2.36. The molecule has 35 heavy (non-hydrogen) atoms. The van der Waals surface area contributed by atoms with Gasteiger partial charge in [0.1, 0.15) is 5.82 Å². The van der Waals surface area contributed by atoms with Crippen LogP contribution in [0.15, 0.2) is 42.6 Å². The van der Waals surface area contributed by atoms with Crippen LogP contribution in [0.5, 0.6) is 0 Å². The molecular weight excluding hydrogens is 489 g/mol. The summed E-state index contributed by atoms with van der Waals surface area (Å²) in [5, 5.41) is 17.3. The SMILES string of the molecule is Cc1cc(Nc2ncc3c(n2)NC(=O)N(c2c(Cl)cccc2Cl)C3O)ccc1N1CCN(C)CC1. The molecule has 2 aromatic carbocycles. The first kappa shape index (κ1) is 23.6. The summed E-state index contributed by atoms with van der Waals surface area (Å²) in [5.74, 6) is 0.512. The lowest BCUT2D eigenvalue weighted by molar-refractivity contribution is 0.169. The lowest BCUT2D eigenvalue weighted by Crippen LogP contribution is -2.44. The third-order valence-electron chi connectivity index (χ3n) is 6.26. The normalized spacial score (nSPS) is 18.3. The van der Waals surface area contributed by atoms with Gasteiger partial charge in [0.2, 0.25) is 5.95 Å². The maximum atomic E-state index is 12.8. The number of aryl methyl sites for hydroxylation is 1. The Morgan fingerprint density at radius 1 is 1.11 bits per heavy atom. The predicted octanol–water partition coefficient (Wildman–Crippen LogP) is 4.63. The molecule has 0 spiro atoms. The molecule has 11 heteroatoms. The molecule has 9 nitrogen and oxygen atoms in total. The van der Waals surface area contributed by atoms with E-state index < -0.39 is 12.3 Å². The van der Waals surface area contributed by atoms with Gasteiger partial charge in [-0.3, -0.25) is 10.2 Å². The maximum Gasteiger partial charge on any atom is 0.330 e. The summed E-state index contributed by atoms with van der Waals surface area (Å²) < 4.78 is 0. The van der Waals surface area contributed by atoms with Gasteiger partial charge >= 0.3 is 6.03 Å². The quantitative estimate of drug-likeness (QED) is 0.467. The van der Waals surface area contributed by atoms with Gasteiger partial charge in [-0.15, -0.1) is 0 Å². The number of carbonyl (C=O) groups excluding carboxylic acids is 1. The number of likely N-dealkylation sites (N-methyl/N-ethyl adjacent to an activating group) is 1. The van der Waals surface area contributed by atoms with E-state index in [-0.39, 0.29) is 21.6 Å². The number of benzene rings is 2. The number of halogens is 2. The van der Waals surface area contributed by atoms with E-state index in [4.69, 9.17) is 23.2 Å². The van der Waals surface area contributed by atoms with Crippen LogP contribution in [0.4, 0.5) is 33.6 Å². The second-order valence-corrected chi connectivity index (χ2v) is 9.47. The number of aliphatic hydroxyl groups is 1. The van der Waals surface area contributed by atoms with Crippen molar-refractivity contribution in [3.05, 3.63) is 63.8 Å². The fraction of sp³-hybridized carbons (Fsp3) is 0.292. The maximum absolute atomic E-state index is 12.8. The van der Waals surface area contributed by atoms with Crippen LogP contribution >= 0.6 is 23.2 Å². The average molecular weight is 514 g/mol. The number of anilines is 5. The van der Waals surface area contributed by atoms with Crippen LogP contribution in [-0.2, 0) is 0 Å². The lowest BCUT2D eigenvalue weighted by atomic mass is 10.1. The topological polar surface area (TPSA) is 96.9 Å². The van der Waals surface area contributed by atoms with E-state index in [1.54, 1.807) is 18.2 Å². The number of aliphatic hydroxyl groups excluding tert-OH is 1. The summed E-state index contributed by atoms with van der Waals surface area (Å²) in [6.45, 7) is 6.16. The van der Waals surface area contributed by atoms with Crippen molar-refractivity contribution in [2.75, 3.05) is 53.7 Å². The van der Waals surface area contributed by atoms with Crippen molar-refractivity contribution in [1.29, 1.82) is 0 Å². The van der Waals surface area contributed by atoms with Crippen LogP contribution in [0.2, 0.25) is 10.0 Å². The van der Waals surface area contributed by atoms with E-state index in [1.807, 2.05) is 12.1 Å². The number of urea groups is 1. The Balaban J connectivity index is 1.36. The highest BCUT2D eigenvalue weighted by atomic mass is 35.5. The number of para-hydroxylation sites is 1. The van der Waals surface area contributed by atoms with Gasteiger partial charge in [-0.2, -0.15) is 4.98 Å². The Bertz CT molecular complexity index is 1260. The first-order valence-electron chi connectivity index (χ1n) is 11.2. The predicted molar refractivity (Wildman–Crippen MR) is 139 cm³/mol. The molecule has 0 bridgehead atoms. The molecule has 3 heterocycles. The van der Waals surface area contributed by atoms with Crippen molar-refractivity contribution >= 4 is 58.1 Å². The number of nitrogens with one attached hydrogen (secondary N) is 2. The van der Waals surface area contributed by atoms with Crippen LogP contribution in [0.3, 0.4) is 0 Å². The minimum Gasteiger partial charge on any atom is -0.369 e. The van der Waals surface area contributed by atoms with Gasteiger partial charge in [0.15, 0.2) is 6.23 Å². The Hall–Kier alpha value is -3.11. The summed E-state index contributed by atoms with van der Waals surface area (Å²) in [7, 11) is 2.14. The van der Waals surface area contributed by atoms with Crippen molar-refractivity contribution in [3.63, 3.8) is 0 Å². The van der Waals surface area contributed by atoms with Crippen LogP contribution in [-0.4, -0.2) is 59.2 Å². The monoisotopic (exact) mass is 513 g/mol. The second kappa shape index (κ2) is 9.50. The highest BCUT2D eigenvalue weighted by molar-refractivity contribution is 6.40. The second-order valence-electron chi connectivity index (χ2n) is 8.66. The number of rotatable bonds is 4. The molecule has 5 rings (SSSR count). The first-order valence-corrected chi connectivity index (χ1v) is 12.0. The third kappa shape index (κ3) is 4.60. The number of amides is 2. The molecule has 0 saturated carbocycles. The van der Waals surface area contributed by atoms with Crippen molar-refractivity contribution < 1.29 is 9.90 Å². The fourth-order valence-electron chi connectivity index (χ4n) is 4.36. The zero-order chi connectivity index (χ0) is 24.7. The summed E-state index contributed by atoms with van der Waals surface area (Å²) in [4.78, 5) is 27.4. The molecule has 3 aromatic rings. The van der Waals surface area contributed by atoms with Gasteiger partial charge in [0.05, 0.1) is 21.3 Å². The van der Waals surface area contributed by atoms with E-state index >= 15 is 0 Å². The highest BCUT2D eigenvalue weighted by Crippen LogP contribution is 2.41. The molecule has 0 aliphatic carbocycles. The Morgan fingerprint density at radius 2 is 1.83 bits per heavy atom. The zero-order valence-corrected chi connectivity index (χ0v) is 20.8. The minimum atomic E-state index is -1.35. The van der Waals surface area contributed by atoms with Crippen LogP contribution in [0.1, 0.15) is 17.4 Å². The smallest absolute Gasteiger partial charge is 0.330 e. The molecule has 1 unspecified atom stereocenters. The number of hydrogen-bond acceptors (Lipinski definition) is 7. The molecular formula is C24H25Cl2N7O2. The number of hydrogen-bond donors (Lipinski definition) is 3. The summed E-state index contributed by atoms with van der Waals surface area (Å²) in [6.07, 6.45) is 0.119. The van der Waals surface area contributed by atoms with Crippen LogP contribution in [0, 0.1) is 6.92 Å². The lowest BCUT2D eigenvalue weighted by Gasteiger charge is -2.35. The molecule has 1 atom stereocenters. The molecule has 182 valence electrons. The molecule has 1 aromatic heterocycles. The van der Waals surface area contributed by atoms with Crippen molar-refractivity contribution in [3.8, 4) is 0 Å². The average Bonchev–Trinajstić information content (AvgIpc) is 2.81. The molecule has 3 N–H and O–H groups in total. The van der Waals surface area contributed by atoms with Crippen LogP contribution < -0.4 is 20.4 Å². The molecule has 1 saturated heterocycles.